The summed E-state index contributed by atoms with van der Waals surface area (Å²) in [7, 11) is 0. The minimum Gasteiger partial charge on any atom is -0.486 e. The van der Waals surface area contributed by atoms with Crippen molar-refractivity contribution >= 4 is 12.0 Å². The Kier molecular flexibility index (Phi) is 7.03. The van der Waals surface area contributed by atoms with Gasteiger partial charge in [0.05, 0.1) is 12.5 Å². The van der Waals surface area contributed by atoms with Crippen LogP contribution < -0.4 is 15.4 Å². The number of halogens is 1. The highest BCUT2D eigenvalue weighted by Crippen LogP contribution is 2.24. The molecule has 7 heteroatoms. The highest BCUT2D eigenvalue weighted by Gasteiger charge is 2.26. The van der Waals surface area contributed by atoms with Gasteiger partial charge in [-0.3, -0.25) is 4.79 Å². The lowest BCUT2D eigenvalue weighted by Crippen LogP contribution is -2.46. The number of carboxylic acids is 1. The number of rotatable bonds is 7. The molecule has 1 aromatic carbocycles. The Morgan fingerprint density at radius 2 is 1.96 bits per heavy atom. The predicted molar refractivity (Wildman–Crippen MR) is 91.0 cm³/mol. The second-order valence-electron chi connectivity index (χ2n) is 6.32. The van der Waals surface area contributed by atoms with E-state index in [-0.39, 0.29) is 36.4 Å². The summed E-state index contributed by atoms with van der Waals surface area (Å²) in [6.45, 7) is 2.17. The maximum atomic E-state index is 13.6. The third-order valence-electron chi connectivity index (χ3n) is 4.49. The van der Waals surface area contributed by atoms with E-state index in [1.807, 2.05) is 6.92 Å². The van der Waals surface area contributed by atoms with Crippen molar-refractivity contribution in [3.05, 3.63) is 30.1 Å². The molecule has 1 atom stereocenters. The van der Waals surface area contributed by atoms with Crippen LogP contribution in [0.3, 0.4) is 0 Å². The molecule has 1 fully saturated rings. The quantitative estimate of drug-likeness (QED) is 0.704. The van der Waals surface area contributed by atoms with Gasteiger partial charge >= 0.3 is 12.0 Å². The molecule has 3 N–H and O–H groups in total. The van der Waals surface area contributed by atoms with Crippen molar-refractivity contribution in [1.82, 2.24) is 10.6 Å². The van der Waals surface area contributed by atoms with Crippen LogP contribution in [0.5, 0.6) is 5.75 Å². The summed E-state index contributed by atoms with van der Waals surface area (Å²) in [5.74, 6) is -1.33. The van der Waals surface area contributed by atoms with Crippen LogP contribution in [0.2, 0.25) is 0 Å². The third-order valence-corrected chi connectivity index (χ3v) is 4.49. The number of carbonyl (C=O) groups is 2. The smallest absolute Gasteiger partial charge is 0.315 e. The largest absolute Gasteiger partial charge is 0.486 e. The van der Waals surface area contributed by atoms with E-state index >= 15 is 0 Å². The number of ether oxygens (including phenoxy) is 1. The van der Waals surface area contributed by atoms with Gasteiger partial charge in [-0.25, -0.2) is 9.18 Å². The van der Waals surface area contributed by atoms with Crippen molar-refractivity contribution in [3.63, 3.8) is 0 Å². The fourth-order valence-corrected chi connectivity index (χ4v) is 2.92. The number of benzene rings is 1. The second-order valence-corrected chi connectivity index (χ2v) is 6.32. The van der Waals surface area contributed by atoms with Crippen LogP contribution in [0.1, 0.15) is 39.0 Å². The van der Waals surface area contributed by atoms with Gasteiger partial charge in [-0.2, -0.15) is 0 Å². The lowest BCUT2D eigenvalue weighted by Gasteiger charge is -2.27. The monoisotopic (exact) mass is 352 g/mol. The number of urea groups is 1. The zero-order valence-electron chi connectivity index (χ0n) is 14.3. The Labute approximate surface area is 146 Å². The second kappa shape index (κ2) is 9.25. The molecule has 138 valence electrons. The summed E-state index contributed by atoms with van der Waals surface area (Å²) < 4.78 is 19.2. The van der Waals surface area contributed by atoms with Gasteiger partial charge in [-0.05, 0) is 44.2 Å². The fourth-order valence-electron chi connectivity index (χ4n) is 2.92. The molecule has 1 aliphatic carbocycles. The van der Waals surface area contributed by atoms with E-state index in [1.165, 1.54) is 6.07 Å². The van der Waals surface area contributed by atoms with Gasteiger partial charge in [0.2, 0.25) is 0 Å². The molecule has 2 amide bonds. The molecular weight excluding hydrogens is 327 g/mol. The van der Waals surface area contributed by atoms with E-state index in [0.29, 0.717) is 32.1 Å². The molecule has 1 aromatic rings. The topological polar surface area (TPSA) is 87.7 Å². The van der Waals surface area contributed by atoms with Crippen LogP contribution in [-0.2, 0) is 4.79 Å². The molecule has 1 unspecified atom stereocenters. The lowest BCUT2D eigenvalue weighted by atomic mass is 9.86. The number of para-hydroxylation sites is 1. The average molecular weight is 352 g/mol. The van der Waals surface area contributed by atoms with E-state index in [2.05, 4.69) is 10.6 Å². The van der Waals surface area contributed by atoms with E-state index in [1.54, 1.807) is 18.2 Å². The molecule has 0 aliphatic heterocycles. The van der Waals surface area contributed by atoms with Crippen LogP contribution in [0.4, 0.5) is 9.18 Å². The number of nitrogens with one attached hydrogen (secondary N) is 2. The first-order valence-electron chi connectivity index (χ1n) is 8.68. The molecule has 0 bridgehead atoms. The Balaban J connectivity index is 1.73. The zero-order valence-corrected chi connectivity index (χ0v) is 14.3. The van der Waals surface area contributed by atoms with Gasteiger partial charge in [0.25, 0.3) is 0 Å². The number of hydrogen-bond acceptors (Lipinski definition) is 3. The summed E-state index contributed by atoms with van der Waals surface area (Å²) in [5.41, 5.74) is 0. The molecule has 25 heavy (non-hydrogen) atoms. The summed E-state index contributed by atoms with van der Waals surface area (Å²) in [6, 6.07) is 5.85. The fraction of sp³-hybridized carbons (Fsp3) is 0.556. The van der Waals surface area contributed by atoms with Crippen molar-refractivity contribution in [1.29, 1.82) is 0 Å². The highest BCUT2D eigenvalue weighted by atomic mass is 19.1. The van der Waals surface area contributed by atoms with Crippen LogP contribution in [-0.4, -0.2) is 35.8 Å². The van der Waals surface area contributed by atoms with Gasteiger partial charge in [0, 0.05) is 6.04 Å². The molecular formula is C18H25FN2O4. The van der Waals surface area contributed by atoms with Gasteiger partial charge in [-0.1, -0.05) is 19.1 Å². The Morgan fingerprint density at radius 1 is 1.28 bits per heavy atom. The number of hydrogen-bond donors (Lipinski definition) is 3. The van der Waals surface area contributed by atoms with E-state index in [0.717, 1.165) is 0 Å². The van der Waals surface area contributed by atoms with Crippen LogP contribution in [0, 0.1) is 11.7 Å². The Hall–Kier alpha value is -2.31. The molecule has 0 heterocycles. The standard InChI is InChI=1S/C18H25FN2O4/c1-2-14(25-16-6-4-3-5-15(16)19)11-20-18(24)21-13-9-7-12(8-10-13)17(22)23/h3-6,12-14H,2,7-11H2,1H3,(H,22,23)(H2,20,21,24). The summed E-state index contributed by atoms with van der Waals surface area (Å²) in [4.78, 5) is 22.9. The molecule has 1 aliphatic rings. The van der Waals surface area contributed by atoms with E-state index < -0.39 is 11.8 Å². The van der Waals surface area contributed by atoms with E-state index in [9.17, 15) is 14.0 Å². The highest BCUT2D eigenvalue weighted by molar-refractivity contribution is 5.74. The van der Waals surface area contributed by atoms with Crippen molar-refractivity contribution in [2.24, 2.45) is 5.92 Å². The molecule has 0 spiro atoms. The number of carbonyl (C=O) groups excluding carboxylic acids is 1. The normalized spacial score (nSPS) is 21.2. The zero-order chi connectivity index (χ0) is 18.2. The predicted octanol–water partition coefficient (Wildman–Crippen LogP) is 2.93. The Bertz CT molecular complexity index is 588. The molecule has 1 saturated carbocycles. The summed E-state index contributed by atoms with van der Waals surface area (Å²) in [5, 5.41) is 14.6. The third kappa shape index (κ3) is 5.92. The lowest BCUT2D eigenvalue weighted by molar-refractivity contribution is -0.142. The molecule has 6 nitrogen and oxygen atoms in total. The maximum absolute atomic E-state index is 13.6. The molecule has 0 radical (unpaired) electrons. The first-order valence-corrected chi connectivity index (χ1v) is 8.68. The first kappa shape index (κ1) is 19.0. The summed E-state index contributed by atoms with van der Waals surface area (Å²) in [6.07, 6.45) is 2.77. The SMILES string of the molecule is CCC(CNC(=O)NC1CCC(C(=O)O)CC1)Oc1ccccc1F. The minimum absolute atomic E-state index is 0.0110. The van der Waals surface area contributed by atoms with Crippen molar-refractivity contribution in [2.45, 2.75) is 51.2 Å². The van der Waals surface area contributed by atoms with Crippen molar-refractivity contribution < 1.29 is 23.8 Å². The Morgan fingerprint density at radius 3 is 2.56 bits per heavy atom. The molecule has 0 saturated heterocycles. The molecule has 0 aromatic heterocycles. The number of carboxylic acid groups (broad SMARTS) is 1. The minimum atomic E-state index is -0.765. The van der Waals surface area contributed by atoms with Crippen molar-refractivity contribution in [3.8, 4) is 5.75 Å². The van der Waals surface area contributed by atoms with Gasteiger partial charge < -0.3 is 20.5 Å². The van der Waals surface area contributed by atoms with Crippen LogP contribution >= 0.6 is 0 Å². The van der Waals surface area contributed by atoms with E-state index in [4.69, 9.17) is 9.84 Å². The first-order chi connectivity index (χ1) is 12.0. The average Bonchev–Trinajstić information content (AvgIpc) is 2.60. The number of amides is 2. The maximum Gasteiger partial charge on any atom is 0.315 e. The molecule has 2 rings (SSSR count). The van der Waals surface area contributed by atoms with Gasteiger partial charge in [0.1, 0.15) is 6.10 Å². The number of aliphatic carboxylic acids is 1. The summed E-state index contributed by atoms with van der Waals surface area (Å²) >= 11 is 0. The van der Waals surface area contributed by atoms with Crippen LogP contribution in [0.15, 0.2) is 24.3 Å². The van der Waals surface area contributed by atoms with Gasteiger partial charge in [-0.15, -0.1) is 0 Å². The van der Waals surface area contributed by atoms with Crippen LogP contribution in [0.25, 0.3) is 0 Å². The van der Waals surface area contributed by atoms with Crippen molar-refractivity contribution in [2.75, 3.05) is 6.54 Å². The van der Waals surface area contributed by atoms with Gasteiger partial charge in [0.15, 0.2) is 11.6 Å².